The number of halogens is 2. The molecule has 0 aliphatic carbocycles. The van der Waals surface area contributed by atoms with E-state index in [2.05, 4.69) is 30.8 Å². The first kappa shape index (κ1) is 14.0. The van der Waals surface area contributed by atoms with E-state index in [1.54, 1.807) is 6.07 Å². The fourth-order valence-electron chi connectivity index (χ4n) is 1.33. The summed E-state index contributed by atoms with van der Waals surface area (Å²) in [7, 11) is -3.82. The maximum absolute atomic E-state index is 12.1. The summed E-state index contributed by atoms with van der Waals surface area (Å²) in [6.07, 6.45) is 0. The van der Waals surface area contributed by atoms with Gasteiger partial charge in [0.15, 0.2) is 11.0 Å². The Bertz CT molecular complexity index is 706. The number of hydrogen-bond donors (Lipinski definition) is 2. The Morgan fingerprint density at radius 2 is 1.95 bits per heavy atom. The van der Waals surface area contributed by atoms with Crippen LogP contribution in [-0.4, -0.2) is 18.6 Å². The standard InChI is InChI=1S/C10H8BrClN4O2S/c11-6-1-2-8(7(13)5-6)19(17,18)16-10-4-3-9(12)14-15-10/h1-5H,13H2,(H,15,16). The van der Waals surface area contributed by atoms with Crippen molar-refractivity contribution < 1.29 is 8.42 Å². The Kier molecular flexibility index (Phi) is 3.93. The van der Waals surface area contributed by atoms with E-state index in [1.165, 1.54) is 24.3 Å². The quantitative estimate of drug-likeness (QED) is 0.815. The topological polar surface area (TPSA) is 98.0 Å². The van der Waals surface area contributed by atoms with Crippen molar-refractivity contribution >= 4 is 49.1 Å². The minimum absolute atomic E-state index is 0.0348. The van der Waals surface area contributed by atoms with Crippen molar-refractivity contribution in [3.05, 3.63) is 40.0 Å². The number of nitrogen functional groups attached to an aromatic ring is 1. The highest BCUT2D eigenvalue weighted by atomic mass is 79.9. The van der Waals surface area contributed by atoms with Crippen LogP contribution < -0.4 is 10.5 Å². The molecule has 2 aromatic rings. The van der Waals surface area contributed by atoms with Gasteiger partial charge in [0, 0.05) is 4.47 Å². The molecule has 0 atom stereocenters. The maximum Gasteiger partial charge on any atom is 0.265 e. The van der Waals surface area contributed by atoms with E-state index in [0.29, 0.717) is 4.47 Å². The van der Waals surface area contributed by atoms with Gasteiger partial charge >= 0.3 is 0 Å². The van der Waals surface area contributed by atoms with Crippen molar-refractivity contribution in [3.63, 3.8) is 0 Å². The molecule has 0 saturated heterocycles. The third kappa shape index (κ3) is 3.34. The summed E-state index contributed by atoms with van der Waals surface area (Å²) in [6, 6.07) is 7.31. The zero-order chi connectivity index (χ0) is 14.0. The number of nitrogens with two attached hydrogens (primary N) is 1. The molecule has 0 spiro atoms. The molecule has 1 heterocycles. The van der Waals surface area contributed by atoms with Gasteiger partial charge < -0.3 is 5.73 Å². The Morgan fingerprint density at radius 3 is 2.53 bits per heavy atom. The molecule has 0 aliphatic rings. The smallest absolute Gasteiger partial charge is 0.265 e. The summed E-state index contributed by atoms with van der Waals surface area (Å²) >= 11 is 8.77. The molecule has 0 radical (unpaired) electrons. The third-order valence-electron chi connectivity index (χ3n) is 2.13. The molecule has 19 heavy (non-hydrogen) atoms. The molecule has 2 rings (SSSR count). The summed E-state index contributed by atoms with van der Waals surface area (Å²) in [5.41, 5.74) is 5.81. The third-order valence-corrected chi connectivity index (χ3v) is 4.26. The first-order chi connectivity index (χ1) is 8.88. The number of sulfonamides is 1. The lowest BCUT2D eigenvalue weighted by Crippen LogP contribution is -2.15. The van der Waals surface area contributed by atoms with Crippen LogP contribution in [0, 0.1) is 0 Å². The Morgan fingerprint density at radius 1 is 1.21 bits per heavy atom. The fraction of sp³-hybridized carbons (Fsp3) is 0. The molecule has 6 nitrogen and oxygen atoms in total. The van der Waals surface area contributed by atoms with E-state index in [-0.39, 0.29) is 21.6 Å². The Balaban J connectivity index is 2.35. The van der Waals surface area contributed by atoms with Crippen LogP contribution in [0.2, 0.25) is 5.15 Å². The van der Waals surface area contributed by atoms with E-state index >= 15 is 0 Å². The number of rotatable bonds is 3. The van der Waals surface area contributed by atoms with Gasteiger partial charge in [-0.2, -0.15) is 0 Å². The number of hydrogen-bond acceptors (Lipinski definition) is 5. The summed E-state index contributed by atoms with van der Waals surface area (Å²) in [5, 5.41) is 7.33. The molecule has 0 bridgehead atoms. The molecule has 0 fully saturated rings. The molecule has 1 aromatic heterocycles. The van der Waals surface area contributed by atoms with Crippen molar-refractivity contribution in [2.24, 2.45) is 0 Å². The minimum atomic E-state index is -3.82. The second-order valence-electron chi connectivity index (χ2n) is 3.53. The van der Waals surface area contributed by atoms with Gasteiger partial charge in [-0.1, -0.05) is 27.5 Å². The molecular formula is C10H8BrClN4O2S. The van der Waals surface area contributed by atoms with E-state index in [1.807, 2.05) is 0 Å². The van der Waals surface area contributed by atoms with Crippen LogP contribution in [0.15, 0.2) is 39.7 Å². The Labute approximate surface area is 123 Å². The van der Waals surface area contributed by atoms with Gasteiger partial charge in [0.25, 0.3) is 10.0 Å². The van der Waals surface area contributed by atoms with Gasteiger partial charge in [-0.15, -0.1) is 10.2 Å². The summed E-state index contributed by atoms with van der Waals surface area (Å²) in [5.74, 6) is 0.0618. The van der Waals surface area contributed by atoms with Gasteiger partial charge in [0.1, 0.15) is 4.90 Å². The van der Waals surface area contributed by atoms with E-state index < -0.39 is 10.0 Å². The number of nitrogens with zero attached hydrogens (tertiary/aromatic N) is 2. The summed E-state index contributed by atoms with van der Waals surface area (Å²) in [4.78, 5) is -0.0348. The average molecular weight is 364 g/mol. The minimum Gasteiger partial charge on any atom is -0.398 e. The molecule has 0 aliphatic heterocycles. The molecule has 0 amide bonds. The first-order valence-corrected chi connectivity index (χ1v) is 7.61. The van der Waals surface area contributed by atoms with Crippen LogP contribution in [0.25, 0.3) is 0 Å². The first-order valence-electron chi connectivity index (χ1n) is 4.95. The van der Waals surface area contributed by atoms with Crippen LogP contribution in [-0.2, 0) is 10.0 Å². The highest BCUT2D eigenvalue weighted by Gasteiger charge is 2.18. The lowest BCUT2D eigenvalue weighted by Gasteiger charge is -2.09. The normalized spacial score (nSPS) is 11.3. The second kappa shape index (κ2) is 5.32. The van der Waals surface area contributed by atoms with Gasteiger partial charge in [-0.05, 0) is 30.3 Å². The molecular weight excluding hydrogens is 356 g/mol. The molecule has 0 unspecified atom stereocenters. The molecule has 100 valence electrons. The van der Waals surface area contributed by atoms with Crippen molar-refractivity contribution in [2.75, 3.05) is 10.5 Å². The van der Waals surface area contributed by atoms with Crippen molar-refractivity contribution in [1.82, 2.24) is 10.2 Å². The second-order valence-corrected chi connectivity index (χ2v) is 6.48. The molecule has 3 N–H and O–H groups in total. The zero-order valence-electron chi connectivity index (χ0n) is 9.34. The highest BCUT2D eigenvalue weighted by molar-refractivity contribution is 9.10. The van der Waals surface area contributed by atoms with Gasteiger partial charge in [0.05, 0.1) is 5.69 Å². The SMILES string of the molecule is Nc1cc(Br)ccc1S(=O)(=O)Nc1ccc(Cl)nn1. The predicted octanol–water partition coefficient (Wildman–Crippen LogP) is 2.28. The van der Waals surface area contributed by atoms with Crippen molar-refractivity contribution in [3.8, 4) is 0 Å². The molecule has 9 heteroatoms. The number of aromatic nitrogens is 2. The number of benzene rings is 1. The lowest BCUT2D eigenvalue weighted by atomic mass is 10.3. The fourth-order valence-corrected chi connectivity index (χ4v) is 2.92. The van der Waals surface area contributed by atoms with Crippen molar-refractivity contribution in [1.29, 1.82) is 0 Å². The van der Waals surface area contributed by atoms with Crippen LogP contribution >= 0.6 is 27.5 Å². The summed E-state index contributed by atoms with van der Waals surface area (Å²) in [6.45, 7) is 0. The van der Waals surface area contributed by atoms with Crippen molar-refractivity contribution in [2.45, 2.75) is 4.90 Å². The molecule has 0 saturated carbocycles. The average Bonchev–Trinajstić information content (AvgIpc) is 2.31. The van der Waals surface area contributed by atoms with E-state index in [9.17, 15) is 8.42 Å². The van der Waals surface area contributed by atoms with E-state index in [4.69, 9.17) is 17.3 Å². The Hall–Kier alpha value is -1.38. The number of nitrogens with one attached hydrogen (secondary N) is 1. The molecule has 1 aromatic carbocycles. The van der Waals surface area contributed by atoms with Crippen LogP contribution in [0.3, 0.4) is 0 Å². The van der Waals surface area contributed by atoms with Gasteiger partial charge in [-0.3, -0.25) is 4.72 Å². The monoisotopic (exact) mass is 362 g/mol. The van der Waals surface area contributed by atoms with E-state index in [0.717, 1.165) is 0 Å². The maximum atomic E-state index is 12.1. The van der Waals surface area contributed by atoms with Gasteiger partial charge in [-0.25, -0.2) is 8.42 Å². The van der Waals surface area contributed by atoms with Gasteiger partial charge in [0.2, 0.25) is 0 Å². The number of anilines is 2. The van der Waals surface area contributed by atoms with Crippen LogP contribution in [0.4, 0.5) is 11.5 Å². The van der Waals surface area contributed by atoms with Crippen LogP contribution in [0.1, 0.15) is 0 Å². The largest absolute Gasteiger partial charge is 0.398 e. The van der Waals surface area contributed by atoms with Crippen LogP contribution in [0.5, 0.6) is 0 Å². The summed E-state index contributed by atoms with van der Waals surface area (Å²) < 4.78 is 27.2. The lowest BCUT2D eigenvalue weighted by molar-refractivity contribution is 0.601. The highest BCUT2D eigenvalue weighted by Crippen LogP contribution is 2.24. The zero-order valence-corrected chi connectivity index (χ0v) is 12.5. The predicted molar refractivity (Wildman–Crippen MR) is 76.4 cm³/mol.